The van der Waals surface area contributed by atoms with Gasteiger partial charge in [0, 0.05) is 25.9 Å². The van der Waals surface area contributed by atoms with Crippen molar-refractivity contribution < 1.29 is 27.2 Å². The Labute approximate surface area is 183 Å². The van der Waals surface area contributed by atoms with Gasteiger partial charge in [-0.05, 0) is 43.1 Å². The van der Waals surface area contributed by atoms with Crippen molar-refractivity contribution in [1.82, 2.24) is 20.0 Å². The first-order chi connectivity index (χ1) is 15.4. The number of hydrogen-bond donors (Lipinski definition) is 0. The van der Waals surface area contributed by atoms with Crippen LogP contribution in [0.5, 0.6) is 5.75 Å². The highest BCUT2D eigenvalue weighted by molar-refractivity contribution is 5.50. The number of aromatic nitrogens is 3. The molecule has 170 valence electrons. The smallest absolute Gasteiger partial charge is 0.416 e. The van der Waals surface area contributed by atoms with E-state index in [9.17, 15) is 13.2 Å². The van der Waals surface area contributed by atoms with Gasteiger partial charge in [0.05, 0.1) is 18.2 Å². The molecule has 0 aliphatic carbocycles. The minimum Gasteiger partial charge on any atom is -0.491 e. The molecule has 1 saturated heterocycles. The lowest BCUT2D eigenvalue weighted by atomic mass is 10.1. The second-order valence-corrected chi connectivity index (χ2v) is 7.50. The molecule has 1 aliphatic heterocycles. The van der Waals surface area contributed by atoms with E-state index in [4.69, 9.17) is 14.0 Å². The maximum Gasteiger partial charge on any atom is 0.416 e. The third-order valence-electron chi connectivity index (χ3n) is 5.27. The highest BCUT2D eigenvalue weighted by Gasteiger charge is 2.32. The Kier molecular flexibility index (Phi) is 6.71. The standard InChI is InChI=1S/C22H23F3N4O3/c1-30-11-12-31-17-8-9-26-18(13-17)20-27-21(32-28-20)19-3-2-10-29(19)14-15-4-6-16(7-5-15)22(23,24)25/h4-9,13,19H,2-3,10-12,14H2,1H3/t19-/m0/s1. The maximum atomic E-state index is 12.8. The van der Waals surface area contributed by atoms with Gasteiger partial charge in [-0.1, -0.05) is 17.3 Å². The average molecular weight is 448 g/mol. The van der Waals surface area contributed by atoms with Crippen molar-refractivity contribution in [1.29, 1.82) is 0 Å². The second-order valence-electron chi connectivity index (χ2n) is 7.50. The fourth-order valence-corrected chi connectivity index (χ4v) is 3.67. The summed E-state index contributed by atoms with van der Waals surface area (Å²) in [6.45, 7) is 2.19. The van der Waals surface area contributed by atoms with E-state index in [1.807, 2.05) is 0 Å². The molecule has 0 N–H and O–H groups in total. The van der Waals surface area contributed by atoms with Crippen molar-refractivity contribution in [3.63, 3.8) is 0 Å². The van der Waals surface area contributed by atoms with Crippen molar-refractivity contribution in [2.45, 2.75) is 31.6 Å². The normalized spacial score (nSPS) is 17.1. The Morgan fingerprint density at radius 2 is 1.97 bits per heavy atom. The van der Waals surface area contributed by atoms with Gasteiger partial charge in [0.25, 0.3) is 0 Å². The van der Waals surface area contributed by atoms with Crippen LogP contribution >= 0.6 is 0 Å². The van der Waals surface area contributed by atoms with Crippen molar-refractivity contribution in [2.24, 2.45) is 0 Å². The van der Waals surface area contributed by atoms with Crippen LogP contribution in [0.15, 0.2) is 47.1 Å². The number of likely N-dealkylation sites (tertiary alicyclic amines) is 1. The van der Waals surface area contributed by atoms with Crippen molar-refractivity contribution in [3.05, 3.63) is 59.6 Å². The van der Waals surface area contributed by atoms with Gasteiger partial charge in [-0.15, -0.1) is 0 Å². The molecule has 2 aromatic heterocycles. The Balaban J connectivity index is 1.45. The number of pyridine rings is 1. The molecule has 10 heteroatoms. The van der Waals surface area contributed by atoms with Crippen LogP contribution in [0.1, 0.15) is 35.9 Å². The molecule has 0 amide bonds. The van der Waals surface area contributed by atoms with E-state index in [1.165, 1.54) is 12.1 Å². The van der Waals surface area contributed by atoms with E-state index in [-0.39, 0.29) is 6.04 Å². The fraction of sp³-hybridized carbons (Fsp3) is 0.409. The van der Waals surface area contributed by atoms with Gasteiger partial charge >= 0.3 is 6.18 Å². The summed E-state index contributed by atoms with van der Waals surface area (Å²) in [6.07, 6.45) is -0.963. The van der Waals surface area contributed by atoms with Crippen molar-refractivity contribution in [2.75, 3.05) is 26.9 Å². The molecule has 7 nitrogen and oxygen atoms in total. The molecule has 0 spiro atoms. The largest absolute Gasteiger partial charge is 0.491 e. The van der Waals surface area contributed by atoms with Gasteiger partial charge in [-0.3, -0.25) is 9.88 Å². The molecule has 1 atom stereocenters. The third-order valence-corrected chi connectivity index (χ3v) is 5.27. The molecule has 4 rings (SSSR count). The minimum atomic E-state index is -4.34. The summed E-state index contributed by atoms with van der Waals surface area (Å²) < 4.78 is 54.5. The molecule has 1 aliphatic rings. The van der Waals surface area contributed by atoms with Crippen LogP contribution in [0.2, 0.25) is 0 Å². The first-order valence-electron chi connectivity index (χ1n) is 10.3. The minimum absolute atomic E-state index is 0.0975. The molecular formula is C22H23F3N4O3. The molecule has 0 bridgehead atoms. The van der Waals surface area contributed by atoms with Crippen LogP contribution in [-0.2, 0) is 17.5 Å². The number of ether oxygens (including phenoxy) is 2. The maximum absolute atomic E-state index is 12.8. The van der Waals surface area contributed by atoms with Gasteiger partial charge in [0.15, 0.2) is 0 Å². The SMILES string of the molecule is COCCOc1ccnc(-c2noc([C@@H]3CCCN3Cc3ccc(C(F)(F)F)cc3)n2)c1. The number of alkyl halides is 3. The van der Waals surface area contributed by atoms with Gasteiger partial charge in [0.1, 0.15) is 18.1 Å². The van der Waals surface area contributed by atoms with Crippen molar-refractivity contribution >= 4 is 0 Å². The summed E-state index contributed by atoms with van der Waals surface area (Å²) in [5.41, 5.74) is 0.677. The highest BCUT2D eigenvalue weighted by Crippen LogP contribution is 2.34. The van der Waals surface area contributed by atoms with Crippen LogP contribution in [0, 0.1) is 0 Å². The first kappa shape index (κ1) is 22.2. The van der Waals surface area contributed by atoms with E-state index in [0.29, 0.717) is 42.9 Å². The van der Waals surface area contributed by atoms with Gasteiger partial charge in [-0.25, -0.2) is 0 Å². The molecule has 0 unspecified atom stereocenters. The third kappa shape index (κ3) is 5.25. The topological polar surface area (TPSA) is 73.5 Å². The lowest BCUT2D eigenvalue weighted by Crippen LogP contribution is -2.23. The van der Waals surface area contributed by atoms with Crippen LogP contribution in [0.4, 0.5) is 13.2 Å². The quantitative estimate of drug-likeness (QED) is 0.470. The summed E-state index contributed by atoms with van der Waals surface area (Å²) in [4.78, 5) is 11.0. The molecule has 0 radical (unpaired) electrons. The fourth-order valence-electron chi connectivity index (χ4n) is 3.67. The van der Waals surface area contributed by atoms with Gasteiger partial charge in [0.2, 0.25) is 11.7 Å². The van der Waals surface area contributed by atoms with E-state index in [0.717, 1.165) is 37.1 Å². The zero-order valence-electron chi connectivity index (χ0n) is 17.5. The summed E-state index contributed by atoms with van der Waals surface area (Å²) in [5, 5.41) is 4.07. The predicted molar refractivity (Wildman–Crippen MR) is 109 cm³/mol. The summed E-state index contributed by atoms with van der Waals surface area (Å²) in [6, 6.07) is 8.62. The van der Waals surface area contributed by atoms with E-state index in [1.54, 1.807) is 25.4 Å². The number of benzene rings is 1. The number of hydrogen-bond acceptors (Lipinski definition) is 7. The zero-order valence-corrected chi connectivity index (χ0v) is 17.5. The predicted octanol–water partition coefficient (Wildman–Crippen LogP) is 4.51. The van der Waals surface area contributed by atoms with Crippen LogP contribution in [0.25, 0.3) is 11.5 Å². The summed E-state index contributed by atoms with van der Waals surface area (Å²) in [5.74, 6) is 1.46. The summed E-state index contributed by atoms with van der Waals surface area (Å²) in [7, 11) is 1.60. The molecule has 3 aromatic rings. The number of halogens is 3. The van der Waals surface area contributed by atoms with Gasteiger partial charge in [-0.2, -0.15) is 18.2 Å². The molecule has 3 heterocycles. The zero-order chi connectivity index (χ0) is 22.6. The Bertz CT molecular complexity index is 1020. The molecule has 0 saturated carbocycles. The van der Waals surface area contributed by atoms with Crippen molar-refractivity contribution in [3.8, 4) is 17.3 Å². The Hall–Kier alpha value is -2.98. The van der Waals surface area contributed by atoms with Gasteiger partial charge < -0.3 is 14.0 Å². The molecule has 32 heavy (non-hydrogen) atoms. The molecular weight excluding hydrogens is 425 g/mol. The van der Waals surface area contributed by atoms with E-state index in [2.05, 4.69) is 20.0 Å². The number of nitrogens with zero attached hydrogens (tertiary/aromatic N) is 4. The first-order valence-corrected chi connectivity index (χ1v) is 10.3. The lowest BCUT2D eigenvalue weighted by molar-refractivity contribution is -0.137. The number of rotatable bonds is 8. The van der Waals surface area contributed by atoms with E-state index < -0.39 is 11.7 Å². The molecule has 1 aromatic carbocycles. The summed E-state index contributed by atoms with van der Waals surface area (Å²) >= 11 is 0. The monoisotopic (exact) mass is 448 g/mol. The Morgan fingerprint density at radius 1 is 1.16 bits per heavy atom. The highest BCUT2D eigenvalue weighted by atomic mass is 19.4. The second kappa shape index (κ2) is 9.66. The average Bonchev–Trinajstić information content (AvgIpc) is 3.43. The lowest BCUT2D eigenvalue weighted by Gasteiger charge is -2.21. The van der Waals surface area contributed by atoms with Crippen LogP contribution in [0.3, 0.4) is 0 Å². The van der Waals surface area contributed by atoms with Crippen LogP contribution in [-0.4, -0.2) is 46.9 Å². The molecule has 1 fully saturated rings. The van der Waals surface area contributed by atoms with Crippen LogP contribution < -0.4 is 4.74 Å². The number of methoxy groups -OCH3 is 1. The Morgan fingerprint density at radius 3 is 2.72 bits per heavy atom. The van der Waals surface area contributed by atoms with E-state index >= 15 is 0 Å².